The molecule has 1 rings (SSSR count). The predicted molar refractivity (Wildman–Crippen MR) is 76.4 cm³/mol. The van der Waals surface area contributed by atoms with Crippen molar-refractivity contribution in [3.05, 3.63) is 24.3 Å². The van der Waals surface area contributed by atoms with Crippen LogP contribution in [0, 0.1) is 0 Å². The van der Waals surface area contributed by atoms with Crippen LogP contribution < -0.4 is 10.6 Å². The van der Waals surface area contributed by atoms with Crippen LogP contribution in [-0.4, -0.2) is 39.5 Å². The van der Waals surface area contributed by atoms with Crippen molar-refractivity contribution in [3.63, 3.8) is 0 Å². The molecule has 0 aliphatic carbocycles. The molecule has 4 nitrogen and oxygen atoms in total. The number of rotatable bonds is 10. The Morgan fingerprint density at radius 3 is 1.67 bits per heavy atom. The van der Waals surface area contributed by atoms with E-state index in [1.165, 1.54) is 0 Å². The van der Waals surface area contributed by atoms with Gasteiger partial charge in [0.15, 0.2) is 0 Å². The molecule has 1 aromatic rings. The second-order valence-electron chi connectivity index (χ2n) is 3.79. The number of hydrogen-bond acceptors (Lipinski definition) is 4. The molecule has 102 valence electrons. The fourth-order valence-corrected chi connectivity index (χ4v) is 1.60. The highest BCUT2D eigenvalue weighted by Crippen LogP contribution is 2.20. The molecule has 0 heterocycles. The molecule has 0 aliphatic rings. The molecule has 0 fully saturated rings. The maximum atomic E-state index is 5.31. The van der Waals surface area contributed by atoms with Crippen LogP contribution in [0.1, 0.15) is 13.8 Å². The Bertz CT molecular complexity index is 287. The van der Waals surface area contributed by atoms with E-state index in [0.29, 0.717) is 0 Å². The lowest BCUT2D eigenvalue weighted by atomic mass is 10.2. The molecule has 0 atom stereocenters. The average Bonchev–Trinajstić information content (AvgIpc) is 2.41. The summed E-state index contributed by atoms with van der Waals surface area (Å²) in [5.41, 5.74) is 2.21. The van der Waals surface area contributed by atoms with Gasteiger partial charge in [-0.25, -0.2) is 0 Å². The van der Waals surface area contributed by atoms with Gasteiger partial charge in [-0.3, -0.25) is 0 Å². The van der Waals surface area contributed by atoms with Gasteiger partial charge in [0.05, 0.1) is 24.6 Å². The van der Waals surface area contributed by atoms with Crippen molar-refractivity contribution in [3.8, 4) is 0 Å². The highest BCUT2D eigenvalue weighted by molar-refractivity contribution is 5.68. The van der Waals surface area contributed by atoms with Gasteiger partial charge in [0.2, 0.25) is 0 Å². The lowest BCUT2D eigenvalue weighted by molar-refractivity contribution is 0.157. The zero-order valence-corrected chi connectivity index (χ0v) is 11.4. The molecule has 0 saturated heterocycles. The molecule has 0 amide bonds. The van der Waals surface area contributed by atoms with Crippen molar-refractivity contribution in [2.45, 2.75) is 13.8 Å². The molecule has 0 saturated carbocycles. The first-order valence-corrected chi connectivity index (χ1v) is 6.60. The van der Waals surface area contributed by atoms with E-state index in [-0.39, 0.29) is 0 Å². The molecule has 18 heavy (non-hydrogen) atoms. The third kappa shape index (κ3) is 5.89. The van der Waals surface area contributed by atoms with E-state index < -0.39 is 0 Å². The van der Waals surface area contributed by atoms with E-state index >= 15 is 0 Å². The fourth-order valence-electron chi connectivity index (χ4n) is 1.60. The number of ether oxygens (including phenoxy) is 2. The van der Waals surface area contributed by atoms with Gasteiger partial charge in [-0.15, -0.1) is 0 Å². The fraction of sp³-hybridized carbons (Fsp3) is 0.571. The van der Waals surface area contributed by atoms with Crippen LogP contribution in [0.25, 0.3) is 0 Å². The Morgan fingerprint density at radius 2 is 1.28 bits per heavy atom. The minimum atomic E-state index is 0.726. The Labute approximate surface area is 110 Å². The number of benzene rings is 1. The van der Waals surface area contributed by atoms with E-state index in [9.17, 15) is 0 Å². The van der Waals surface area contributed by atoms with Gasteiger partial charge >= 0.3 is 0 Å². The number of para-hydroxylation sites is 2. The molecule has 0 radical (unpaired) electrons. The standard InChI is InChI=1S/C14H24N2O2/c1-3-17-11-9-15-13-7-5-6-8-14(13)16-10-12-18-4-2/h5-8,15-16H,3-4,9-12H2,1-2H3. The summed E-state index contributed by atoms with van der Waals surface area (Å²) < 4.78 is 10.6. The Balaban J connectivity index is 2.36. The van der Waals surface area contributed by atoms with Crippen LogP contribution in [0.3, 0.4) is 0 Å². The summed E-state index contributed by atoms with van der Waals surface area (Å²) in [6.07, 6.45) is 0. The summed E-state index contributed by atoms with van der Waals surface area (Å²) in [4.78, 5) is 0. The highest BCUT2D eigenvalue weighted by Gasteiger charge is 1.99. The average molecular weight is 252 g/mol. The Morgan fingerprint density at radius 1 is 0.833 bits per heavy atom. The van der Waals surface area contributed by atoms with Crippen molar-refractivity contribution in [2.24, 2.45) is 0 Å². The lowest BCUT2D eigenvalue weighted by Gasteiger charge is -2.13. The quantitative estimate of drug-likeness (QED) is 0.628. The van der Waals surface area contributed by atoms with Crippen LogP contribution in [0.15, 0.2) is 24.3 Å². The summed E-state index contributed by atoms with van der Waals surface area (Å²) in [5, 5.41) is 6.72. The van der Waals surface area contributed by atoms with Gasteiger partial charge in [0, 0.05) is 26.3 Å². The van der Waals surface area contributed by atoms with Gasteiger partial charge in [-0.2, -0.15) is 0 Å². The molecule has 1 aromatic carbocycles. The minimum Gasteiger partial charge on any atom is -0.381 e. The zero-order valence-electron chi connectivity index (χ0n) is 11.4. The molecular weight excluding hydrogens is 228 g/mol. The molecule has 0 spiro atoms. The van der Waals surface area contributed by atoms with Gasteiger partial charge in [-0.1, -0.05) is 12.1 Å². The normalized spacial score (nSPS) is 10.3. The maximum absolute atomic E-state index is 5.31. The van der Waals surface area contributed by atoms with Crippen LogP contribution in [0.2, 0.25) is 0 Å². The van der Waals surface area contributed by atoms with Gasteiger partial charge in [0.25, 0.3) is 0 Å². The summed E-state index contributed by atoms with van der Waals surface area (Å²) >= 11 is 0. The summed E-state index contributed by atoms with van der Waals surface area (Å²) in [6, 6.07) is 8.18. The zero-order chi connectivity index (χ0) is 13.1. The van der Waals surface area contributed by atoms with Gasteiger partial charge in [-0.05, 0) is 26.0 Å². The minimum absolute atomic E-state index is 0.726. The maximum Gasteiger partial charge on any atom is 0.0638 e. The van der Waals surface area contributed by atoms with Crippen molar-refractivity contribution in [1.82, 2.24) is 0 Å². The van der Waals surface area contributed by atoms with Crippen LogP contribution in [0.5, 0.6) is 0 Å². The summed E-state index contributed by atoms with van der Waals surface area (Å²) in [5.74, 6) is 0. The topological polar surface area (TPSA) is 42.5 Å². The van der Waals surface area contributed by atoms with E-state index in [2.05, 4.69) is 22.8 Å². The Kier molecular flexibility index (Phi) is 8.01. The summed E-state index contributed by atoms with van der Waals surface area (Å²) in [7, 11) is 0. The third-order valence-corrected chi connectivity index (χ3v) is 2.46. The number of hydrogen-bond donors (Lipinski definition) is 2. The molecule has 4 heteroatoms. The second kappa shape index (κ2) is 9.74. The number of nitrogens with one attached hydrogen (secondary N) is 2. The van der Waals surface area contributed by atoms with E-state index in [1.807, 2.05) is 26.0 Å². The molecule has 0 bridgehead atoms. The SMILES string of the molecule is CCOCCNc1ccccc1NCCOCC. The molecule has 0 aliphatic heterocycles. The number of anilines is 2. The first-order valence-electron chi connectivity index (χ1n) is 6.60. The van der Waals surface area contributed by atoms with Crippen LogP contribution in [-0.2, 0) is 9.47 Å². The smallest absolute Gasteiger partial charge is 0.0638 e. The molecule has 0 aromatic heterocycles. The van der Waals surface area contributed by atoms with Crippen molar-refractivity contribution in [2.75, 3.05) is 50.2 Å². The lowest BCUT2D eigenvalue weighted by Crippen LogP contribution is -2.13. The Hall–Kier alpha value is -1.26. The molecule has 0 unspecified atom stereocenters. The monoisotopic (exact) mass is 252 g/mol. The van der Waals surface area contributed by atoms with E-state index in [4.69, 9.17) is 9.47 Å². The first kappa shape index (κ1) is 14.8. The van der Waals surface area contributed by atoms with Crippen LogP contribution in [0.4, 0.5) is 11.4 Å². The van der Waals surface area contributed by atoms with Crippen LogP contribution >= 0.6 is 0 Å². The van der Waals surface area contributed by atoms with Gasteiger partial charge < -0.3 is 20.1 Å². The largest absolute Gasteiger partial charge is 0.381 e. The first-order chi connectivity index (χ1) is 8.88. The van der Waals surface area contributed by atoms with E-state index in [1.54, 1.807) is 0 Å². The second-order valence-corrected chi connectivity index (χ2v) is 3.79. The van der Waals surface area contributed by atoms with Crippen molar-refractivity contribution < 1.29 is 9.47 Å². The van der Waals surface area contributed by atoms with Crippen molar-refractivity contribution in [1.29, 1.82) is 0 Å². The van der Waals surface area contributed by atoms with Gasteiger partial charge in [0.1, 0.15) is 0 Å². The molecular formula is C14H24N2O2. The van der Waals surface area contributed by atoms with Crippen molar-refractivity contribution >= 4 is 11.4 Å². The third-order valence-electron chi connectivity index (χ3n) is 2.46. The predicted octanol–water partition coefficient (Wildman–Crippen LogP) is 2.58. The van der Waals surface area contributed by atoms with E-state index in [0.717, 1.165) is 50.9 Å². The molecule has 2 N–H and O–H groups in total. The summed E-state index contributed by atoms with van der Waals surface area (Å²) in [6.45, 7) is 8.61. The highest BCUT2D eigenvalue weighted by atomic mass is 16.5.